The molecule has 79 heavy (non-hydrogen) atoms. The first kappa shape index (κ1) is 54.9. The Labute approximate surface area is 453 Å². The molecule has 0 spiro atoms. The van der Waals surface area contributed by atoms with Gasteiger partial charge in [0.15, 0.2) is 5.78 Å². The van der Waals surface area contributed by atoms with Crippen molar-refractivity contribution in [1.29, 1.82) is 5.26 Å². The minimum absolute atomic E-state index is 0.0000972. The molecule has 9 rings (SSSR count). The molecule has 3 aliphatic heterocycles. The summed E-state index contributed by atoms with van der Waals surface area (Å²) in [7, 11) is 0. The summed E-state index contributed by atoms with van der Waals surface area (Å²) in [6, 6.07) is 19.0. The molecule has 25 nitrogen and oxygen atoms in total. The minimum atomic E-state index is -0.884. The van der Waals surface area contributed by atoms with Crippen molar-refractivity contribution >= 4 is 41.2 Å². The monoisotopic (exact) mass is 1080 g/mol. The molecule has 8 heterocycles. The van der Waals surface area contributed by atoms with E-state index in [1.165, 1.54) is 23.0 Å². The summed E-state index contributed by atoms with van der Waals surface area (Å²) in [6.07, 6.45) is 7.91. The molecule has 2 fully saturated rings. The number of anilines is 2. The Kier molecular flexibility index (Phi) is 17.8. The van der Waals surface area contributed by atoms with Gasteiger partial charge >= 0.3 is 5.97 Å². The van der Waals surface area contributed by atoms with Gasteiger partial charge in [0.1, 0.15) is 47.9 Å². The number of carbonyl (C=O) groups excluding carboxylic acids is 5. The molecule has 0 saturated carbocycles. The average Bonchev–Trinajstić information content (AvgIpc) is 4.29. The zero-order valence-electron chi connectivity index (χ0n) is 43.8. The number of Topliss-reactive ketones (excluding diaryl/α,β-unsaturated/α-hetero) is 1. The molecule has 5 aromatic heterocycles. The van der Waals surface area contributed by atoms with Gasteiger partial charge in [0.05, 0.1) is 81.4 Å². The van der Waals surface area contributed by atoms with E-state index < -0.39 is 23.3 Å². The van der Waals surface area contributed by atoms with Crippen molar-refractivity contribution in [2.75, 3.05) is 82.3 Å². The number of nitrogens with zero attached hydrogens (tertiary/aromatic N) is 13. The quantitative estimate of drug-likeness (QED) is 0.0574. The van der Waals surface area contributed by atoms with Gasteiger partial charge in [0.25, 0.3) is 11.8 Å². The summed E-state index contributed by atoms with van der Waals surface area (Å²) in [6.45, 7) is 10.6. The maximum atomic E-state index is 13.5. The average molecular weight is 1080 g/mol. The largest absolute Gasteiger partial charge is 0.491 e. The van der Waals surface area contributed by atoms with E-state index in [0.29, 0.717) is 128 Å². The predicted octanol–water partition coefficient (Wildman–Crippen LogP) is 4.17. The van der Waals surface area contributed by atoms with Crippen LogP contribution in [0.3, 0.4) is 0 Å². The van der Waals surface area contributed by atoms with E-state index in [1.807, 2.05) is 41.5 Å². The summed E-state index contributed by atoms with van der Waals surface area (Å²) < 4.78 is 35.5. The second kappa shape index (κ2) is 25.5. The van der Waals surface area contributed by atoms with Gasteiger partial charge in [-0.2, -0.15) is 5.26 Å². The number of amides is 3. The van der Waals surface area contributed by atoms with Crippen molar-refractivity contribution in [3.8, 4) is 34.7 Å². The topological polar surface area (TPSA) is 282 Å². The fraction of sp³-hybridized carbons (Fsp3) is 0.389. The lowest BCUT2D eigenvalue weighted by molar-refractivity contribution is -0.172. The molecule has 1 atom stereocenters. The molecule has 0 unspecified atom stereocenters. The smallest absolute Gasteiger partial charge is 0.365 e. The lowest BCUT2D eigenvalue weighted by Crippen LogP contribution is -2.55. The molecule has 1 aromatic carbocycles. The summed E-state index contributed by atoms with van der Waals surface area (Å²) in [5.41, 5.74) is 2.55. The molecular weight excluding hydrogens is 1020 g/mol. The van der Waals surface area contributed by atoms with Crippen LogP contribution in [0.2, 0.25) is 0 Å². The van der Waals surface area contributed by atoms with E-state index in [9.17, 15) is 29.2 Å². The van der Waals surface area contributed by atoms with Crippen molar-refractivity contribution in [1.82, 2.24) is 49.9 Å². The minimum Gasteiger partial charge on any atom is -0.491 e. The number of piperazine rings is 1. The highest BCUT2D eigenvalue weighted by atomic mass is 16.7. The number of nitriles is 1. The molecule has 6 aromatic rings. The Balaban J connectivity index is 0.605. The number of hydroxylamine groups is 2. The highest BCUT2D eigenvalue weighted by Crippen LogP contribution is 2.40. The van der Waals surface area contributed by atoms with E-state index in [4.69, 9.17) is 38.2 Å². The molecule has 3 aliphatic rings. The zero-order valence-corrected chi connectivity index (χ0v) is 43.8. The summed E-state index contributed by atoms with van der Waals surface area (Å²) >= 11 is 0. The molecule has 0 N–H and O–H groups in total. The van der Waals surface area contributed by atoms with Crippen molar-refractivity contribution in [3.05, 3.63) is 120 Å². The van der Waals surface area contributed by atoms with Crippen LogP contribution in [-0.2, 0) is 57.9 Å². The number of pyridine rings is 3. The molecule has 0 radical (unpaired) electrons. The molecule has 0 aliphatic carbocycles. The summed E-state index contributed by atoms with van der Waals surface area (Å²) in [5.74, 6) is 0.100. The molecule has 2 saturated heterocycles. The number of ether oxygens (including phenoxy) is 6. The van der Waals surface area contributed by atoms with Gasteiger partial charge in [-0.15, -0.1) is 10.2 Å². The van der Waals surface area contributed by atoms with Crippen LogP contribution >= 0.6 is 0 Å². The van der Waals surface area contributed by atoms with Gasteiger partial charge in [-0.25, -0.2) is 34.4 Å². The number of ketones is 1. The Bertz CT molecular complexity index is 3170. The van der Waals surface area contributed by atoms with Crippen LogP contribution in [0, 0.1) is 11.3 Å². The second-order valence-corrected chi connectivity index (χ2v) is 18.9. The van der Waals surface area contributed by atoms with Crippen LogP contribution in [0.4, 0.5) is 11.8 Å². The Morgan fingerprint density at radius 3 is 2.23 bits per heavy atom. The van der Waals surface area contributed by atoms with Crippen molar-refractivity contribution < 1.29 is 57.2 Å². The number of carbonyl (C=O) groups is 5. The molecule has 0 bridgehead atoms. The van der Waals surface area contributed by atoms with E-state index in [2.05, 4.69) is 36.3 Å². The maximum Gasteiger partial charge on any atom is 0.365 e. The van der Waals surface area contributed by atoms with E-state index in [1.54, 1.807) is 67.3 Å². The van der Waals surface area contributed by atoms with Crippen LogP contribution in [0.25, 0.3) is 11.3 Å². The van der Waals surface area contributed by atoms with E-state index in [0.717, 1.165) is 0 Å². The zero-order chi connectivity index (χ0) is 55.3. The fourth-order valence-corrected chi connectivity index (χ4v) is 8.81. The number of rotatable bonds is 25. The Morgan fingerprint density at radius 1 is 0.797 bits per heavy atom. The number of aromatic nitrogens is 8. The third-order valence-corrected chi connectivity index (χ3v) is 13.0. The first-order valence-corrected chi connectivity index (χ1v) is 25.5. The molecule has 410 valence electrons. The van der Waals surface area contributed by atoms with Gasteiger partial charge in [-0.05, 0) is 57.2 Å². The van der Waals surface area contributed by atoms with Crippen LogP contribution in [0.1, 0.15) is 71.3 Å². The lowest BCUT2D eigenvalue weighted by atomic mass is 9.97. The van der Waals surface area contributed by atoms with E-state index >= 15 is 0 Å². The number of fused-ring (bicyclic) bond motifs is 1. The van der Waals surface area contributed by atoms with Crippen LogP contribution in [0.5, 0.6) is 17.4 Å². The van der Waals surface area contributed by atoms with Gasteiger partial charge in [0.2, 0.25) is 17.7 Å². The first-order chi connectivity index (χ1) is 38.3. The number of benzene rings is 1. The number of hydrogen-bond acceptors (Lipinski definition) is 22. The number of hydrogen-bond donors (Lipinski definition) is 0. The van der Waals surface area contributed by atoms with E-state index in [-0.39, 0.29) is 68.3 Å². The summed E-state index contributed by atoms with van der Waals surface area (Å²) in [5, 5.41) is 18.4. The van der Waals surface area contributed by atoms with Gasteiger partial charge < -0.3 is 48.0 Å². The normalized spacial score (nSPS) is 15.8. The molecular formula is C54H57N13O12. The first-order valence-electron chi connectivity index (χ1n) is 25.5. The van der Waals surface area contributed by atoms with Crippen LogP contribution in [0.15, 0.2) is 91.6 Å². The third kappa shape index (κ3) is 13.7. The predicted molar refractivity (Wildman–Crippen MR) is 277 cm³/mol. The van der Waals surface area contributed by atoms with Crippen molar-refractivity contribution in [3.63, 3.8) is 0 Å². The highest BCUT2D eigenvalue weighted by Gasteiger charge is 2.45. The van der Waals surface area contributed by atoms with Crippen LogP contribution in [-0.4, -0.2) is 163 Å². The van der Waals surface area contributed by atoms with Crippen molar-refractivity contribution in [2.45, 2.75) is 64.9 Å². The van der Waals surface area contributed by atoms with Gasteiger partial charge in [-0.1, -0.05) is 17.3 Å². The standard InChI is InChI=1S/C54H57N13O12/c1-36-31-63(53-58-29-39(30-59-53)44-11-10-43-50(71)54(2,3)66(51(43)60-44)32-38-6-5-15-56-45(38)27-55)16-17-65(36)49(70)34-64-33-40(61-62-64)35-76-23-22-74-19-18-73-20-21-75-24-25-77-41-7-4-8-42(26-41)78-46-12-9-37(28-57-46)52(72)79-67-47(68)13-14-48(67)69/h4-12,15,26,28-30,33,36H,13-14,16-25,31-32,34-35H2,1-3H3/t36-/m1/s1. The SMILES string of the molecule is C[C@@H]1CN(c2ncc(-c3ccc4c(n3)N(Cc3cccnc3C#N)C(C)(C)C4=O)cn2)CCN1C(=O)Cn1cc(COCCOCCOCCOCCOc2cccc(Oc3ccc(C(=O)ON4C(=O)CCC4=O)cn3)c2)nn1. The lowest BCUT2D eigenvalue weighted by Gasteiger charge is -2.39. The third-order valence-electron chi connectivity index (χ3n) is 13.0. The van der Waals surface area contributed by atoms with Crippen molar-refractivity contribution in [2.24, 2.45) is 0 Å². The Hall–Kier alpha value is -8.83. The second-order valence-electron chi connectivity index (χ2n) is 18.9. The Morgan fingerprint density at radius 2 is 1.52 bits per heavy atom. The highest BCUT2D eigenvalue weighted by molar-refractivity contribution is 6.13. The van der Waals surface area contributed by atoms with Crippen LogP contribution < -0.4 is 19.3 Å². The molecule has 3 amide bonds. The molecule has 25 heteroatoms. The number of imide groups is 1. The fourth-order valence-electron chi connectivity index (χ4n) is 8.81. The van der Waals surface area contributed by atoms with Gasteiger partial charge in [0, 0.05) is 93.1 Å². The van der Waals surface area contributed by atoms with Gasteiger partial charge in [-0.3, -0.25) is 19.2 Å². The summed E-state index contributed by atoms with van der Waals surface area (Å²) in [4.78, 5) is 95.9. The maximum absolute atomic E-state index is 13.5.